The lowest BCUT2D eigenvalue weighted by Crippen LogP contribution is -2.31. The number of anilines is 1. The lowest BCUT2D eigenvalue weighted by Gasteiger charge is -2.16. The van der Waals surface area contributed by atoms with E-state index >= 15 is 0 Å². The zero-order valence-electron chi connectivity index (χ0n) is 11.6. The van der Waals surface area contributed by atoms with Crippen molar-refractivity contribution in [3.63, 3.8) is 0 Å². The van der Waals surface area contributed by atoms with E-state index in [4.69, 9.17) is 0 Å². The molecular formula is C12H15N5O4. The van der Waals surface area contributed by atoms with Crippen molar-refractivity contribution in [3.05, 3.63) is 28.4 Å². The first-order valence-corrected chi connectivity index (χ1v) is 6.37. The zero-order chi connectivity index (χ0) is 15.6. The monoisotopic (exact) mass is 293 g/mol. The molecule has 0 fully saturated rings. The molecule has 0 bridgehead atoms. The third-order valence-corrected chi connectivity index (χ3v) is 2.86. The normalized spacial score (nSPS) is 12.5. The predicted molar refractivity (Wildman–Crippen MR) is 74.1 cm³/mol. The third-order valence-electron chi connectivity index (χ3n) is 2.86. The highest BCUT2D eigenvalue weighted by molar-refractivity contribution is 5.76. The molecule has 0 saturated carbocycles. The molecule has 0 aliphatic rings. The van der Waals surface area contributed by atoms with Crippen molar-refractivity contribution in [3.8, 4) is 0 Å². The Bertz CT molecular complexity index is 681. The number of carboxylic acids is 1. The Morgan fingerprint density at radius 2 is 2.24 bits per heavy atom. The van der Waals surface area contributed by atoms with E-state index in [0.29, 0.717) is 12.1 Å². The van der Waals surface area contributed by atoms with Crippen LogP contribution >= 0.6 is 0 Å². The van der Waals surface area contributed by atoms with Crippen LogP contribution < -0.4 is 5.32 Å². The maximum atomic E-state index is 11.2. The zero-order valence-corrected chi connectivity index (χ0v) is 11.6. The number of hydrogen-bond donors (Lipinski definition) is 2. The van der Waals surface area contributed by atoms with Gasteiger partial charge in [0.2, 0.25) is 5.65 Å². The van der Waals surface area contributed by atoms with Gasteiger partial charge in [0.1, 0.15) is 12.2 Å². The largest absolute Gasteiger partial charge is 0.480 e. The quantitative estimate of drug-likeness (QED) is 0.611. The van der Waals surface area contributed by atoms with Crippen LogP contribution in [0.4, 0.5) is 11.6 Å². The molecule has 0 amide bonds. The Balaban J connectivity index is 2.31. The minimum atomic E-state index is -0.995. The van der Waals surface area contributed by atoms with Gasteiger partial charge < -0.3 is 20.5 Å². The third kappa shape index (κ3) is 3.25. The number of aliphatic carboxylic acids is 1. The van der Waals surface area contributed by atoms with E-state index in [2.05, 4.69) is 15.4 Å². The van der Waals surface area contributed by atoms with Gasteiger partial charge in [0.15, 0.2) is 5.82 Å². The molecule has 2 aromatic rings. The summed E-state index contributed by atoms with van der Waals surface area (Å²) >= 11 is 0. The molecule has 1 atom stereocenters. The summed E-state index contributed by atoms with van der Waals surface area (Å²) in [5, 5.41) is 26.8. The first kappa shape index (κ1) is 14.7. The highest BCUT2D eigenvalue weighted by atomic mass is 16.6. The van der Waals surface area contributed by atoms with E-state index in [1.165, 1.54) is 6.07 Å². The van der Waals surface area contributed by atoms with Gasteiger partial charge >= 0.3 is 11.8 Å². The summed E-state index contributed by atoms with van der Waals surface area (Å²) in [6.45, 7) is 3.82. The second kappa shape index (κ2) is 5.73. The van der Waals surface area contributed by atoms with Crippen molar-refractivity contribution < 1.29 is 14.8 Å². The molecule has 9 heteroatoms. The van der Waals surface area contributed by atoms with Gasteiger partial charge in [0.05, 0.1) is 0 Å². The Labute approximate surface area is 119 Å². The lowest BCUT2D eigenvalue weighted by atomic mass is 10.0. The molecule has 0 spiro atoms. The van der Waals surface area contributed by atoms with Crippen LogP contribution in [0, 0.1) is 16.0 Å². The number of nitro groups is 1. The highest BCUT2D eigenvalue weighted by Gasteiger charge is 2.21. The molecule has 0 radical (unpaired) electrons. The van der Waals surface area contributed by atoms with Crippen LogP contribution in [0.2, 0.25) is 0 Å². The number of carboxylic acid groups (broad SMARTS) is 1. The smallest absolute Gasteiger partial charge is 0.368 e. The molecule has 9 nitrogen and oxygen atoms in total. The molecule has 0 aliphatic carbocycles. The number of nitrogens with zero attached hydrogens (tertiary/aromatic N) is 4. The standard InChI is InChI=1S/C12H15N5O4/c1-7(2)5-8(12(18)19)14-9-3-4-10-13-6-11(17(20)21)16(10)15-9/h3-4,6-8H,5H2,1-2H3,(H,14,15)(H,18,19)/t8-/m1/s1. The van der Waals surface area contributed by atoms with Crippen molar-refractivity contribution in [1.82, 2.24) is 14.6 Å². The van der Waals surface area contributed by atoms with Crippen LogP contribution in [-0.4, -0.2) is 36.6 Å². The van der Waals surface area contributed by atoms with Crippen LogP contribution in [0.25, 0.3) is 5.65 Å². The Hall–Kier alpha value is -2.71. The van der Waals surface area contributed by atoms with Crippen molar-refractivity contribution >= 4 is 23.3 Å². The van der Waals surface area contributed by atoms with Gasteiger partial charge in [-0.2, -0.15) is 0 Å². The van der Waals surface area contributed by atoms with Gasteiger partial charge in [0, 0.05) is 6.07 Å². The van der Waals surface area contributed by atoms with Gasteiger partial charge in [-0.3, -0.25) is 0 Å². The minimum Gasteiger partial charge on any atom is -0.480 e. The summed E-state index contributed by atoms with van der Waals surface area (Å²) in [5.74, 6) is -0.836. The minimum absolute atomic E-state index is 0.185. The number of nitrogens with one attached hydrogen (secondary N) is 1. The van der Waals surface area contributed by atoms with Crippen LogP contribution in [0.1, 0.15) is 20.3 Å². The molecular weight excluding hydrogens is 278 g/mol. The number of imidazole rings is 1. The van der Waals surface area contributed by atoms with E-state index in [1.54, 1.807) is 6.07 Å². The van der Waals surface area contributed by atoms with Gasteiger partial charge in [0.25, 0.3) is 0 Å². The van der Waals surface area contributed by atoms with E-state index < -0.39 is 16.9 Å². The van der Waals surface area contributed by atoms with Crippen LogP contribution in [0.5, 0.6) is 0 Å². The maximum Gasteiger partial charge on any atom is 0.368 e. The van der Waals surface area contributed by atoms with Crippen LogP contribution in [0.15, 0.2) is 18.3 Å². The summed E-state index contributed by atoms with van der Waals surface area (Å²) in [4.78, 5) is 25.3. The first-order valence-electron chi connectivity index (χ1n) is 6.37. The predicted octanol–water partition coefficient (Wildman–Crippen LogP) is 1.55. The SMILES string of the molecule is CC(C)C[C@@H](Nc1ccc2ncc([N+](=O)[O-])n2n1)C(=O)O. The van der Waals surface area contributed by atoms with Gasteiger partial charge in [-0.15, -0.1) is 0 Å². The summed E-state index contributed by atoms with van der Waals surface area (Å²) in [7, 11) is 0. The van der Waals surface area contributed by atoms with E-state index in [1.807, 2.05) is 13.8 Å². The van der Waals surface area contributed by atoms with Crippen molar-refractivity contribution in [2.45, 2.75) is 26.3 Å². The maximum absolute atomic E-state index is 11.2. The first-order chi connectivity index (χ1) is 9.88. The summed E-state index contributed by atoms with van der Waals surface area (Å²) in [6.07, 6.45) is 1.52. The summed E-state index contributed by atoms with van der Waals surface area (Å²) in [5.41, 5.74) is 0.322. The second-order valence-electron chi connectivity index (χ2n) is 5.03. The Morgan fingerprint density at radius 3 is 2.81 bits per heavy atom. The molecule has 2 rings (SSSR count). The highest BCUT2D eigenvalue weighted by Crippen LogP contribution is 2.16. The number of rotatable bonds is 6. The molecule has 21 heavy (non-hydrogen) atoms. The Morgan fingerprint density at radius 1 is 1.52 bits per heavy atom. The van der Waals surface area contributed by atoms with Crippen molar-refractivity contribution in [1.29, 1.82) is 0 Å². The second-order valence-corrected chi connectivity index (χ2v) is 5.03. The average Bonchev–Trinajstić information content (AvgIpc) is 2.80. The summed E-state index contributed by atoms with van der Waals surface area (Å²) in [6, 6.07) is 2.27. The number of carbonyl (C=O) groups is 1. The number of aromatic nitrogens is 3. The Kier molecular flexibility index (Phi) is 4.01. The van der Waals surface area contributed by atoms with Crippen molar-refractivity contribution in [2.75, 3.05) is 5.32 Å². The molecule has 2 aromatic heterocycles. The van der Waals surface area contributed by atoms with Gasteiger partial charge in [-0.25, -0.2) is 9.78 Å². The average molecular weight is 293 g/mol. The molecule has 0 aliphatic heterocycles. The van der Waals surface area contributed by atoms with Gasteiger partial charge in [-0.1, -0.05) is 23.5 Å². The fraction of sp³-hybridized carbons (Fsp3) is 0.417. The topological polar surface area (TPSA) is 123 Å². The fourth-order valence-electron chi connectivity index (χ4n) is 1.93. The molecule has 0 aromatic carbocycles. The molecule has 0 unspecified atom stereocenters. The summed E-state index contributed by atoms with van der Waals surface area (Å²) < 4.78 is 1.07. The fourth-order valence-corrected chi connectivity index (χ4v) is 1.93. The van der Waals surface area contributed by atoms with Crippen molar-refractivity contribution in [2.24, 2.45) is 5.92 Å². The molecule has 0 saturated heterocycles. The number of fused-ring (bicyclic) bond motifs is 1. The molecule has 2 heterocycles. The van der Waals surface area contributed by atoms with E-state index in [0.717, 1.165) is 10.7 Å². The number of hydrogen-bond acceptors (Lipinski definition) is 6. The molecule has 2 N–H and O–H groups in total. The van der Waals surface area contributed by atoms with Crippen LogP contribution in [0.3, 0.4) is 0 Å². The van der Waals surface area contributed by atoms with E-state index in [-0.39, 0.29) is 17.6 Å². The van der Waals surface area contributed by atoms with E-state index in [9.17, 15) is 20.0 Å². The molecule has 112 valence electrons. The van der Waals surface area contributed by atoms with Crippen LogP contribution in [-0.2, 0) is 4.79 Å². The lowest BCUT2D eigenvalue weighted by molar-refractivity contribution is -0.391. The van der Waals surface area contributed by atoms with Gasteiger partial charge in [-0.05, 0) is 23.3 Å².